The molecule has 132 valence electrons. The van der Waals surface area contributed by atoms with Crippen LogP contribution in [0, 0.1) is 12.8 Å². The highest BCUT2D eigenvalue weighted by Crippen LogP contribution is 2.27. The number of hydrogen-bond acceptors (Lipinski definition) is 3. The predicted molar refractivity (Wildman–Crippen MR) is 98.5 cm³/mol. The monoisotopic (exact) mass is 357 g/mol. The molecule has 2 aromatic rings. The van der Waals surface area contributed by atoms with Crippen molar-refractivity contribution in [1.82, 2.24) is 4.72 Å². The fourth-order valence-corrected chi connectivity index (χ4v) is 4.41. The Morgan fingerprint density at radius 1 is 1.00 bits per heavy atom. The van der Waals surface area contributed by atoms with E-state index in [0.29, 0.717) is 0 Å². The van der Waals surface area contributed by atoms with Crippen molar-refractivity contribution in [3.8, 4) is 11.1 Å². The number of benzene rings is 2. The number of nitrogens with one attached hydrogen (secondary N) is 1. The number of sulfonamides is 1. The van der Waals surface area contributed by atoms with Crippen LogP contribution in [0.3, 0.4) is 0 Å². The van der Waals surface area contributed by atoms with Gasteiger partial charge in [0.25, 0.3) is 10.0 Å². The third kappa shape index (κ3) is 4.10. The van der Waals surface area contributed by atoms with Gasteiger partial charge >= 0.3 is 0 Å². The van der Waals surface area contributed by atoms with Crippen LogP contribution in [0.1, 0.15) is 37.7 Å². The highest BCUT2D eigenvalue weighted by atomic mass is 32.2. The van der Waals surface area contributed by atoms with E-state index in [4.69, 9.17) is 0 Å². The summed E-state index contributed by atoms with van der Waals surface area (Å²) in [6.45, 7) is 1.94. The van der Waals surface area contributed by atoms with Crippen LogP contribution in [-0.2, 0) is 14.8 Å². The maximum absolute atomic E-state index is 12.6. The molecule has 0 spiro atoms. The van der Waals surface area contributed by atoms with Crippen LogP contribution >= 0.6 is 0 Å². The summed E-state index contributed by atoms with van der Waals surface area (Å²) >= 11 is 0. The molecule has 3 rings (SSSR count). The van der Waals surface area contributed by atoms with Crippen LogP contribution in [0.15, 0.2) is 53.4 Å². The Labute approximate surface area is 149 Å². The van der Waals surface area contributed by atoms with E-state index in [1.807, 2.05) is 37.3 Å². The largest absolute Gasteiger partial charge is 0.274 e. The van der Waals surface area contributed by atoms with E-state index < -0.39 is 10.0 Å². The summed E-state index contributed by atoms with van der Waals surface area (Å²) in [5.41, 5.74) is 2.80. The second kappa shape index (κ2) is 7.40. The van der Waals surface area contributed by atoms with E-state index in [-0.39, 0.29) is 16.7 Å². The lowest BCUT2D eigenvalue weighted by Crippen LogP contribution is -2.36. The Hall–Kier alpha value is -2.14. The van der Waals surface area contributed by atoms with Crippen LogP contribution in [-0.4, -0.2) is 14.3 Å². The topological polar surface area (TPSA) is 63.2 Å². The third-order valence-electron chi connectivity index (χ3n) is 4.82. The molecule has 1 fully saturated rings. The van der Waals surface area contributed by atoms with Crippen LogP contribution in [0.2, 0.25) is 0 Å². The van der Waals surface area contributed by atoms with Crippen molar-refractivity contribution >= 4 is 15.9 Å². The molecule has 0 radical (unpaired) electrons. The van der Waals surface area contributed by atoms with Gasteiger partial charge < -0.3 is 0 Å². The normalized spacial score (nSPS) is 15.7. The summed E-state index contributed by atoms with van der Waals surface area (Å²) in [5.74, 6) is -0.566. The van der Waals surface area contributed by atoms with Gasteiger partial charge in [-0.05, 0) is 48.6 Å². The lowest BCUT2D eigenvalue weighted by atomic mass is 9.89. The maximum Gasteiger partial charge on any atom is 0.264 e. The van der Waals surface area contributed by atoms with Crippen LogP contribution in [0.4, 0.5) is 0 Å². The van der Waals surface area contributed by atoms with Crippen molar-refractivity contribution in [2.75, 3.05) is 0 Å². The fourth-order valence-electron chi connectivity index (χ4n) is 3.34. The fraction of sp³-hybridized carbons (Fsp3) is 0.350. The molecule has 0 unspecified atom stereocenters. The average molecular weight is 357 g/mol. The Morgan fingerprint density at radius 2 is 1.68 bits per heavy atom. The molecular weight excluding hydrogens is 334 g/mol. The minimum absolute atomic E-state index is 0.126. The standard InChI is InChI=1S/C20H23NO3S/c1-15-12-13-18(14-19(15)16-8-4-2-5-9-16)25(23,24)21-20(22)17-10-6-3-7-11-17/h2,4-5,8-9,12-14,17H,3,6-7,10-11H2,1H3,(H,21,22). The van der Waals surface area contributed by atoms with Gasteiger partial charge in [0.1, 0.15) is 0 Å². The van der Waals surface area contributed by atoms with Crippen LogP contribution in [0.5, 0.6) is 0 Å². The van der Waals surface area contributed by atoms with E-state index in [0.717, 1.165) is 48.8 Å². The van der Waals surface area contributed by atoms with E-state index in [1.165, 1.54) is 0 Å². The molecule has 1 aliphatic rings. The quantitative estimate of drug-likeness (QED) is 0.898. The van der Waals surface area contributed by atoms with Gasteiger partial charge in [-0.2, -0.15) is 0 Å². The summed E-state index contributed by atoms with van der Waals surface area (Å²) in [6.07, 6.45) is 4.63. The average Bonchev–Trinajstić information content (AvgIpc) is 2.63. The molecule has 0 bridgehead atoms. The minimum atomic E-state index is -3.86. The zero-order valence-electron chi connectivity index (χ0n) is 14.4. The van der Waals surface area contributed by atoms with E-state index in [9.17, 15) is 13.2 Å². The zero-order valence-corrected chi connectivity index (χ0v) is 15.2. The lowest BCUT2D eigenvalue weighted by Gasteiger charge is -2.20. The first-order chi connectivity index (χ1) is 12.0. The van der Waals surface area contributed by atoms with Crippen molar-refractivity contribution in [2.45, 2.75) is 43.9 Å². The van der Waals surface area contributed by atoms with Crippen molar-refractivity contribution in [2.24, 2.45) is 5.92 Å². The highest BCUT2D eigenvalue weighted by Gasteiger charge is 2.26. The molecule has 1 saturated carbocycles. The van der Waals surface area contributed by atoms with Crippen LogP contribution < -0.4 is 4.72 Å². The minimum Gasteiger partial charge on any atom is -0.274 e. The van der Waals surface area contributed by atoms with Gasteiger partial charge in [-0.1, -0.05) is 55.7 Å². The molecule has 0 aromatic heterocycles. The van der Waals surface area contributed by atoms with Gasteiger partial charge in [0.05, 0.1) is 4.90 Å². The van der Waals surface area contributed by atoms with Gasteiger partial charge in [-0.15, -0.1) is 0 Å². The zero-order chi connectivity index (χ0) is 17.9. The molecule has 0 saturated heterocycles. The Balaban J connectivity index is 1.86. The smallest absolute Gasteiger partial charge is 0.264 e. The Kier molecular flexibility index (Phi) is 5.23. The van der Waals surface area contributed by atoms with Crippen molar-refractivity contribution in [3.63, 3.8) is 0 Å². The number of carbonyl (C=O) groups excluding carboxylic acids is 1. The molecule has 2 aromatic carbocycles. The van der Waals surface area contributed by atoms with E-state index >= 15 is 0 Å². The first-order valence-electron chi connectivity index (χ1n) is 8.70. The van der Waals surface area contributed by atoms with Gasteiger partial charge in [0.15, 0.2) is 0 Å². The molecule has 1 aliphatic carbocycles. The summed E-state index contributed by atoms with van der Waals surface area (Å²) in [5, 5.41) is 0. The van der Waals surface area contributed by atoms with E-state index in [2.05, 4.69) is 4.72 Å². The SMILES string of the molecule is Cc1ccc(S(=O)(=O)NC(=O)C2CCCCC2)cc1-c1ccccc1. The third-order valence-corrected chi connectivity index (χ3v) is 6.16. The first kappa shape index (κ1) is 17.7. The summed E-state index contributed by atoms with van der Waals surface area (Å²) in [6, 6.07) is 14.6. The van der Waals surface area contributed by atoms with Crippen molar-refractivity contribution in [3.05, 3.63) is 54.1 Å². The molecular formula is C20H23NO3S. The summed E-state index contributed by atoms with van der Waals surface area (Å²) in [7, 11) is -3.86. The van der Waals surface area contributed by atoms with Crippen LogP contribution in [0.25, 0.3) is 11.1 Å². The number of amides is 1. The molecule has 0 heterocycles. The molecule has 5 heteroatoms. The number of carbonyl (C=O) groups is 1. The number of hydrogen-bond donors (Lipinski definition) is 1. The number of aryl methyl sites for hydroxylation is 1. The van der Waals surface area contributed by atoms with Gasteiger partial charge in [0, 0.05) is 5.92 Å². The summed E-state index contributed by atoms with van der Waals surface area (Å²) in [4.78, 5) is 12.4. The summed E-state index contributed by atoms with van der Waals surface area (Å²) < 4.78 is 27.6. The molecule has 0 aliphatic heterocycles. The molecule has 25 heavy (non-hydrogen) atoms. The van der Waals surface area contributed by atoms with E-state index in [1.54, 1.807) is 18.2 Å². The lowest BCUT2D eigenvalue weighted by molar-refractivity contribution is -0.124. The Bertz CT molecular complexity index is 854. The van der Waals surface area contributed by atoms with Gasteiger partial charge in [0.2, 0.25) is 5.91 Å². The molecule has 4 nitrogen and oxygen atoms in total. The molecule has 0 atom stereocenters. The van der Waals surface area contributed by atoms with Crippen molar-refractivity contribution in [1.29, 1.82) is 0 Å². The van der Waals surface area contributed by atoms with Crippen molar-refractivity contribution < 1.29 is 13.2 Å². The first-order valence-corrected chi connectivity index (χ1v) is 10.2. The van der Waals surface area contributed by atoms with Gasteiger partial charge in [-0.3, -0.25) is 4.79 Å². The number of rotatable bonds is 4. The maximum atomic E-state index is 12.6. The Morgan fingerprint density at radius 3 is 2.36 bits per heavy atom. The predicted octanol–water partition coefficient (Wildman–Crippen LogP) is 4.05. The highest BCUT2D eigenvalue weighted by molar-refractivity contribution is 7.90. The van der Waals surface area contributed by atoms with Gasteiger partial charge in [-0.25, -0.2) is 13.1 Å². The second-order valence-electron chi connectivity index (χ2n) is 6.65. The second-order valence-corrected chi connectivity index (χ2v) is 8.33. The molecule has 1 N–H and O–H groups in total. The molecule has 1 amide bonds.